The Balaban J connectivity index is 2.11. The number of rotatable bonds is 4. The Morgan fingerprint density at radius 2 is 2.05 bits per heavy atom. The summed E-state index contributed by atoms with van der Waals surface area (Å²) in [5, 5.41) is 0. The third kappa shape index (κ3) is 3.45. The van der Waals surface area contributed by atoms with Gasteiger partial charge < -0.3 is 14.2 Å². The van der Waals surface area contributed by atoms with Crippen molar-refractivity contribution in [2.75, 3.05) is 40.5 Å². The lowest BCUT2D eigenvalue weighted by atomic mass is 10.1. The van der Waals surface area contributed by atoms with Gasteiger partial charge in [0.2, 0.25) is 0 Å². The maximum absolute atomic E-state index is 11.6. The molecule has 5 heteroatoms. The van der Waals surface area contributed by atoms with Gasteiger partial charge in [0.15, 0.2) is 0 Å². The summed E-state index contributed by atoms with van der Waals surface area (Å²) in [6, 6.07) is 5.58. The van der Waals surface area contributed by atoms with Crippen LogP contribution in [0.5, 0.6) is 5.75 Å². The summed E-state index contributed by atoms with van der Waals surface area (Å²) in [5.74, 6) is 0.174. The molecule has 0 saturated carbocycles. The second kappa shape index (κ2) is 6.54. The van der Waals surface area contributed by atoms with E-state index in [1.54, 1.807) is 13.2 Å². The molecule has 0 spiro atoms. The van der Waals surface area contributed by atoms with Gasteiger partial charge in [-0.05, 0) is 17.7 Å². The molecular formula is C14H19NO4. The molecule has 1 heterocycles. The normalized spacial score (nSPS) is 16.1. The van der Waals surface area contributed by atoms with Crippen molar-refractivity contribution in [2.45, 2.75) is 6.54 Å². The third-order valence-electron chi connectivity index (χ3n) is 3.18. The number of carbonyl (C=O) groups excluding carboxylic acids is 1. The molecular weight excluding hydrogens is 246 g/mol. The van der Waals surface area contributed by atoms with Gasteiger partial charge in [0, 0.05) is 19.6 Å². The first kappa shape index (κ1) is 13.8. The van der Waals surface area contributed by atoms with E-state index in [4.69, 9.17) is 14.2 Å². The van der Waals surface area contributed by atoms with Crippen molar-refractivity contribution in [3.05, 3.63) is 29.3 Å². The van der Waals surface area contributed by atoms with E-state index in [9.17, 15) is 4.79 Å². The molecule has 5 nitrogen and oxygen atoms in total. The summed E-state index contributed by atoms with van der Waals surface area (Å²) in [5.41, 5.74) is 1.57. The van der Waals surface area contributed by atoms with Crippen LogP contribution in [0.1, 0.15) is 15.9 Å². The molecule has 0 atom stereocenters. The van der Waals surface area contributed by atoms with Crippen molar-refractivity contribution in [1.82, 2.24) is 4.90 Å². The average Bonchev–Trinajstić information content (AvgIpc) is 2.47. The van der Waals surface area contributed by atoms with Crippen LogP contribution in [0.2, 0.25) is 0 Å². The molecule has 1 aromatic rings. The molecule has 0 radical (unpaired) electrons. The predicted molar refractivity (Wildman–Crippen MR) is 70.4 cm³/mol. The van der Waals surface area contributed by atoms with Gasteiger partial charge in [-0.1, -0.05) is 6.07 Å². The monoisotopic (exact) mass is 265 g/mol. The number of morpholine rings is 1. The molecule has 1 fully saturated rings. The lowest BCUT2D eigenvalue weighted by molar-refractivity contribution is 0.0341. The third-order valence-corrected chi connectivity index (χ3v) is 3.18. The van der Waals surface area contributed by atoms with Crippen LogP contribution < -0.4 is 4.74 Å². The number of methoxy groups -OCH3 is 2. The summed E-state index contributed by atoms with van der Waals surface area (Å²) in [7, 11) is 2.92. The van der Waals surface area contributed by atoms with Crippen molar-refractivity contribution in [2.24, 2.45) is 0 Å². The lowest BCUT2D eigenvalue weighted by Crippen LogP contribution is -2.35. The number of hydrogen-bond acceptors (Lipinski definition) is 5. The minimum absolute atomic E-state index is 0.380. The second-order valence-corrected chi connectivity index (χ2v) is 4.41. The number of nitrogens with zero attached hydrogens (tertiary/aromatic N) is 1. The van der Waals surface area contributed by atoms with E-state index in [1.165, 1.54) is 7.11 Å². The highest BCUT2D eigenvalue weighted by atomic mass is 16.5. The smallest absolute Gasteiger partial charge is 0.341 e. The van der Waals surface area contributed by atoms with Crippen molar-refractivity contribution >= 4 is 5.97 Å². The summed E-state index contributed by atoms with van der Waals surface area (Å²) in [6.07, 6.45) is 0. The average molecular weight is 265 g/mol. The standard InChI is InChI=1S/C14H19NO4/c1-17-13-9-11(3-4-12(13)14(16)18-2)10-15-5-7-19-8-6-15/h3-4,9H,5-8,10H2,1-2H3. The molecule has 1 aliphatic heterocycles. The van der Waals surface area contributed by atoms with Crippen molar-refractivity contribution < 1.29 is 19.0 Å². The molecule has 0 aromatic heterocycles. The molecule has 104 valence electrons. The fraction of sp³-hybridized carbons (Fsp3) is 0.500. The lowest BCUT2D eigenvalue weighted by Gasteiger charge is -2.26. The number of esters is 1. The van der Waals surface area contributed by atoms with Crippen LogP contribution in [-0.4, -0.2) is 51.4 Å². The molecule has 0 unspecified atom stereocenters. The molecule has 0 amide bonds. The van der Waals surface area contributed by atoms with Gasteiger partial charge in [-0.15, -0.1) is 0 Å². The zero-order chi connectivity index (χ0) is 13.7. The Bertz CT molecular complexity index is 441. The minimum Gasteiger partial charge on any atom is -0.496 e. The van der Waals surface area contributed by atoms with E-state index in [1.807, 2.05) is 12.1 Å². The molecule has 1 aliphatic rings. The zero-order valence-corrected chi connectivity index (χ0v) is 11.3. The van der Waals surface area contributed by atoms with E-state index in [-0.39, 0.29) is 5.97 Å². The van der Waals surface area contributed by atoms with Crippen molar-refractivity contribution in [3.8, 4) is 5.75 Å². The molecule has 19 heavy (non-hydrogen) atoms. The Morgan fingerprint density at radius 1 is 1.32 bits per heavy atom. The van der Waals surface area contributed by atoms with E-state index in [0.717, 1.165) is 38.4 Å². The van der Waals surface area contributed by atoms with Crippen LogP contribution in [0, 0.1) is 0 Å². The Kier molecular flexibility index (Phi) is 4.76. The van der Waals surface area contributed by atoms with Crippen molar-refractivity contribution in [3.63, 3.8) is 0 Å². The van der Waals surface area contributed by atoms with Gasteiger partial charge in [-0.3, -0.25) is 4.90 Å². The zero-order valence-electron chi connectivity index (χ0n) is 11.3. The van der Waals surface area contributed by atoms with Gasteiger partial charge in [0.25, 0.3) is 0 Å². The predicted octanol–water partition coefficient (Wildman–Crippen LogP) is 1.31. The Labute approximate surface area is 113 Å². The van der Waals surface area contributed by atoms with Crippen LogP contribution in [0.15, 0.2) is 18.2 Å². The molecule has 0 N–H and O–H groups in total. The van der Waals surface area contributed by atoms with Crippen LogP contribution in [0.25, 0.3) is 0 Å². The van der Waals surface area contributed by atoms with E-state index >= 15 is 0 Å². The number of ether oxygens (including phenoxy) is 3. The maximum Gasteiger partial charge on any atom is 0.341 e. The maximum atomic E-state index is 11.6. The molecule has 0 aliphatic carbocycles. The van der Waals surface area contributed by atoms with Crippen LogP contribution in [0.3, 0.4) is 0 Å². The molecule has 1 saturated heterocycles. The highest BCUT2D eigenvalue weighted by Gasteiger charge is 2.15. The largest absolute Gasteiger partial charge is 0.496 e. The van der Waals surface area contributed by atoms with Crippen molar-refractivity contribution in [1.29, 1.82) is 0 Å². The summed E-state index contributed by atoms with van der Waals surface area (Å²) >= 11 is 0. The molecule has 1 aromatic carbocycles. The number of carbonyl (C=O) groups is 1. The highest BCUT2D eigenvalue weighted by molar-refractivity contribution is 5.92. The summed E-state index contributed by atoms with van der Waals surface area (Å²) < 4.78 is 15.3. The fourth-order valence-corrected chi connectivity index (χ4v) is 2.13. The highest BCUT2D eigenvalue weighted by Crippen LogP contribution is 2.22. The first-order chi connectivity index (χ1) is 9.24. The van der Waals surface area contributed by atoms with Crippen LogP contribution >= 0.6 is 0 Å². The SMILES string of the molecule is COC(=O)c1ccc(CN2CCOCC2)cc1OC. The second-order valence-electron chi connectivity index (χ2n) is 4.41. The number of benzene rings is 1. The molecule has 2 rings (SSSR count). The molecule has 0 bridgehead atoms. The Hall–Kier alpha value is -1.59. The summed E-state index contributed by atoms with van der Waals surface area (Å²) in [6.45, 7) is 4.25. The topological polar surface area (TPSA) is 48.0 Å². The Morgan fingerprint density at radius 3 is 2.68 bits per heavy atom. The van der Waals surface area contributed by atoms with Gasteiger partial charge in [0.1, 0.15) is 11.3 Å². The van der Waals surface area contributed by atoms with Crippen LogP contribution in [0.4, 0.5) is 0 Å². The van der Waals surface area contributed by atoms with E-state index in [0.29, 0.717) is 11.3 Å². The van der Waals surface area contributed by atoms with Gasteiger partial charge in [0.05, 0.1) is 27.4 Å². The van der Waals surface area contributed by atoms with Gasteiger partial charge in [-0.25, -0.2) is 4.79 Å². The van der Waals surface area contributed by atoms with Crippen LogP contribution in [-0.2, 0) is 16.0 Å². The summed E-state index contributed by atoms with van der Waals surface area (Å²) in [4.78, 5) is 13.9. The first-order valence-electron chi connectivity index (χ1n) is 6.30. The van der Waals surface area contributed by atoms with E-state index in [2.05, 4.69) is 4.90 Å². The minimum atomic E-state index is -0.380. The quantitative estimate of drug-likeness (QED) is 0.768. The fourth-order valence-electron chi connectivity index (χ4n) is 2.13. The number of hydrogen-bond donors (Lipinski definition) is 0. The van der Waals surface area contributed by atoms with Gasteiger partial charge >= 0.3 is 5.97 Å². The first-order valence-corrected chi connectivity index (χ1v) is 6.30. The van der Waals surface area contributed by atoms with E-state index < -0.39 is 0 Å². The van der Waals surface area contributed by atoms with Gasteiger partial charge in [-0.2, -0.15) is 0 Å².